The number of carbonyl (C=O) groups is 1. The van der Waals surface area contributed by atoms with Gasteiger partial charge in [-0.2, -0.15) is 0 Å². The normalized spacial score (nSPS) is 10.7. The second-order valence-electron chi connectivity index (χ2n) is 5.07. The van der Waals surface area contributed by atoms with Crippen molar-refractivity contribution in [3.63, 3.8) is 0 Å². The molecule has 7 heteroatoms. The molecule has 1 aromatic carbocycles. The van der Waals surface area contributed by atoms with Crippen molar-refractivity contribution in [2.24, 2.45) is 0 Å². The molecule has 124 valence electrons. The number of benzene rings is 1. The smallest absolute Gasteiger partial charge is 0.291 e. The van der Waals surface area contributed by atoms with Gasteiger partial charge in [0.15, 0.2) is 0 Å². The van der Waals surface area contributed by atoms with Gasteiger partial charge in [-0.05, 0) is 25.1 Å². The first-order valence-corrected chi connectivity index (χ1v) is 7.87. The first-order chi connectivity index (χ1) is 11.2. The molecule has 6 nitrogen and oxygen atoms in total. The fourth-order valence-corrected chi connectivity index (χ4v) is 2.13. The van der Waals surface area contributed by atoms with E-state index in [0.29, 0.717) is 31.0 Å². The lowest BCUT2D eigenvalue weighted by Gasteiger charge is -2.05. The number of carbonyl (C=O) groups excluding carboxylic acids is 1. The molecule has 0 bridgehead atoms. The van der Waals surface area contributed by atoms with E-state index >= 15 is 0 Å². The Labute approximate surface area is 135 Å². The van der Waals surface area contributed by atoms with Gasteiger partial charge in [-0.3, -0.25) is 4.79 Å². The van der Waals surface area contributed by atoms with Gasteiger partial charge < -0.3 is 10.6 Å². The summed E-state index contributed by atoms with van der Waals surface area (Å²) in [6, 6.07) is 6.30. The summed E-state index contributed by atoms with van der Waals surface area (Å²) in [6.45, 7) is 6.06. The molecule has 0 radical (unpaired) electrons. The van der Waals surface area contributed by atoms with Crippen LogP contribution in [-0.4, -0.2) is 40.3 Å². The number of amides is 1. The number of nitrogens with one attached hydrogen (secondary N) is 2. The second kappa shape index (κ2) is 8.38. The van der Waals surface area contributed by atoms with Crippen LogP contribution < -0.4 is 10.6 Å². The zero-order valence-corrected chi connectivity index (χ0v) is 13.5. The highest BCUT2D eigenvalue weighted by Gasteiger charge is 2.17. The summed E-state index contributed by atoms with van der Waals surface area (Å²) in [5, 5.41) is 10.1. The van der Waals surface area contributed by atoms with Gasteiger partial charge in [-0.15, -0.1) is 5.10 Å². The van der Waals surface area contributed by atoms with E-state index in [2.05, 4.69) is 27.6 Å². The van der Waals surface area contributed by atoms with E-state index in [1.54, 1.807) is 18.2 Å². The lowest BCUT2D eigenvalue weighted by molar-refractivity contribution is 0.0943. The van der Waals surface area contributed by atoms with E-state index in [4.69, 9.17) is 0 Å². The van der Waals surface area contributed by atoms with Gasteiger partial charge in [0, 0.05) is 19.5 Å². The minimum atomic E-state index is -0.400. The molecule has 1 amide bonds. The van der Waals surface area contributed by atoms with E-state index < -0.39 is 5.82 Å². The van der Waals surface area contributed by atoms with E-state index in [1.807, 2.05) is 6.92 Å². The van der Waals surface area contributed by atoms with Crippen molar-refractivity contribution in [3.05, 3.63) is 41.7 Å². The topological polar surface area (TPSA) is 71.8 Å². The first kappa shape index (κ1) is 17.1. The molecule has 0 saturated heterocycles. The number of aryl methyl sites for hydroxylation is 1. The molecule has 0 aliphatic heterocycles. The Kier molecular flexibility index (Phi) is 6.22. The van der Waals surface area contributed by atoms with Crippen LogP contribution in [-0.2, 0) is 6.42 Å². The van der Waals surface area contributed by atoms with Crippen molar-refractivity contribution >= 4 is 5.91 Å². The van der Waals surface area contributed by atoms with Crippen molar-refractivity contribution < 1.29 is 9.18 Å². The Morgan fingerprint density at radius 1 is 1.22 bits per heavy atom. The zero-order chi connectivity index (χ0) is 16.7. The molecule has 0 spiro atoms. The SMILES string of the molecule is CCCNCCNC(=O)c1nc(CC)n(-c2ccccc2F)n1. The highest BCUT2D eigenvalue weighted by molar-refractivity contribution is 5.90. The fourth-order valence-electron chi connectivity index (χ4n) is 2.13. The van der Waals surface area contributed by atoms with E-state index in [9.17, 15) is 9.18 Å². The lowest BCUT2D eigenvalue weighted by Crippen LogP contribution is -2.32. The zero-order valence-electron chi connectivity index (χ0n) is 13.5. The Hall–Kier alpha value is -2.28. The van der Waals surface area contributed by atoms with Gasteiger partial charge in [-0.25, -0.2) is 14.1 Å². The maximum Gasteiger partial charge on any atom is 0.291 e. The fraction of sp³-hybridized carbons (Fsp3) is 0.438. The molecule has 0 saturated carbocycles. The van der Waals surface area contributed by atoms with Crippen LogP contribution in [0.2, 0.25) is 0 Å². The molecule has 2 rings (SSSR count). The van der Waals surface area contributed by atoms with Crippen molar-refractivity contribution in [1.29, 1.82) is 0 Å². The third-order valence-electron chi connectivity index (χ3n) is 3.29. The molecule has 0 fully saturated rings. The van der Waals surface area contributed by atoms with Crippen LogP contribution >= 0.6 is 0 Å². The van der Waals surface area contributed by atoms with Crippen LogP contribution in [0.5, 0.6) is 0 Å². The Bertz CT molecular complexity index is 656. The van der Waals surface area contributed by atoms with Crippen LogP contribution in [0.3, 0.4) is 0 Å². The number of aromatic nitrogens is 3. The summed E-state index contributed by atoms with van der Waals surface area (Å²) >= 11 is 0. The molecule has 2 N–H and O–H groups in total. The van der Waals surface area contributed by atoms with Crippen molar-refractivity contribution in [1.82, 2.24) is 25.4 Å². The van der Waals surface area contributed by atoms with Crippen LogP contribution in [0.25, 0.3) is 5.69 Å². The standard InChI is InChI=1S/C16H22FN5O/c1-3-9-18-10-11-19-16(23)15-20-14(4-2)22(21-15)13-8-6-5-7-12(13)17/h5-8,18H,3-4,9-11H2,1-2H3,(H,19,23). The van der Waals surface area contributed by atoms with Gasteiger partial charge in [-0.1, -0.05) is 26.0 Å². The lowest BCUT2D eigenvalue weighted by atomic mass is 10.3. The summed E-state index contributed by atoms with van der Waals surface area (Å²) < 4.78 is 15.3. The largest absolute Gasteiger partial charge is 0.348 e. The molecule has 23 heavy (non-hydrogen) atoms. The number of hydrogen-bond acceptors (Lipinski definition) is 4. The first-order valence-electron chi connectivity index (χ1n) is 7.87. The molecule has 1 aromatic heterocycles. The maximum absolute atomic E-state index is 13.9. The quantitative estimate of drug-likeness (QED) is 0.727. The Morgan fingerprint density at radius 2 is 2.00 bits per heavy atom. The van der Waals surface area contributed by atoms with Crippen LogP contribution in [0.15, 0.2) is 24.3 Å². The number of nitrogens with zero attached hydrogens (tertiary/aromatic N) is 3. The number of rotatable bonds is 8. The average Bonchev–Trinajstić information content (AvgIpc) is 2.99. The molecule has 1 heterocycles. The maximum atomic E-state index is 13.9. The molecular formula is C16H22FN5O. The Balaban J connectivity index is 2.10. The molecule has 0 unspecified atom stereocenters. The molecule has 0 aliphatic carbocycles. The third-order valence-corrected chi connectivity index (χ3v) is 3.29. The van der Waals surface area contributed by atoms with Gasteiger partial charge in [0.2, 0.25) is 5.82 Å². The van der Waals surface area contributed by atoms with Crippen molar-refractivity contribution in [2.45, 2.75) is 26.7 Å². The molecule has 2 aromatic rings. The van der Waals surface area contributed by atoms with Gasteiger partial charge in [0.25, 0.3) is 5.91 Å². The monoisotopic (exact) mass is 319 g/mol. The van der Waals surface area contributed by atoms with Crippen molar-refractivity contribution in [3.8, 4) is 5.69 Å². The van der Waals surface area contributed by atoms with Crippen LogP contribution in [0.4, 0.5) is 4.39 Å². The highest BCUT2D eigenvalue weighted by Crippen LogP contribution is 2.14. The third kappa shape index (κ3) is 4.35. The van der Waals surface area contributed by atoms with Crippen LogP contribution in [0, 0.1) is 5.82 Å². The highest BCUT2D eigenvalue weighted by atomic mass is 19.1. The minimum Gasteiger partial charge on any atom is -0.348 e. The molecule has 0 atom stereocenters. The predicted octanol–water partition coefficient (Wildman–Crippen LogP) is 1.70. The Morgan fingerprint density at radius 3 is 2.70 bits per heavy atom. The minimum absolute atomic E-state index is 0.0561. The number of para-hydroxylation sites is 1. The summed E-state index contributed by atoms with van der Waals surface area (Å²) in [4.78, 5) is 16.3. The van der Waals surface area contributed by atoms with E-state index in [-0.39, 0.29) is 11.7 Å². The summed E-state index contributed by atoms with van der Waals surface area (Å²) in [6.07, 6.45) is 1.59. The van der Waals surface area contributed by atoms with Gasteiger partial charge in [0.05, 0.1) is 0 Å². The van der Waals surface area contributed by atoms with Gasteiger partial charge >= 0.3 is 0 Å². The van der Waals surface area contributed by atoms with E-state index in [1.165, 1.54) is 10.7 Å². The summed E-state index contributed by atoms with van der Waals surface area (Å²) in [7, 11) is 0. The van der Waals surface area contributed by atoms with Crippen LogP contribution in [0.1, 0.15) is 36.7 Å². The number of hydrogen-bond donors (Lipinski definition) is 2. The van der Waals surface area contributed by atoms with Gasteiger partial charge in [0.1, 0.15) is 17.3 Å². The van der Waals surface area contributed by atoms with E-state index in [0.717, 1.165) is 13.0 Å². The number of halogens is 1. The average molecular weight is 319 g/mol. The molecular weight excluding hydrogens is 297 g/mol. The second-order valence-corrected chi connectivity index (χ2v) is 5.07. The summed E-state index contributed by atoms with van der Waals surface area (Å²) in [5.41, 5.74) is 0.292. The van der Waals surface area contributed by atoms with Crippen molar-refractivity contribution in [2.75, 3.05) is 19.6 Å². The molecule has 0 aliphatic rings. The summed E-state index contributed by atoms with van der Waals surface area (Å²) in [5.74, 6) is -0.152. The predicted molar refractivity (Wildman–Crippen MR) is 86.2 cm³/mol.